The summed E-state index contributed by atoms with van der Waals surface area (Å²) in [6.45, 7) is 1.85. The van der Waals surface area contributed by atoms with Crippen LogP contribution in [0.1, 0.15) is 5.56 Å². The molecule has 20 heavy (non-hydrogen) atoms. The normalized spacial score (nSPS) is 10.3. The van der Waals surface area contributed by atoms with Crippen LogP contribution in [-0.2, 0) is 4.79 Å². The van der Waals surface area contributed by atoms with Gasteiger partial charge in [0.1, 0.15) is 5.82 Å². The number of aryl methyl sites for hydroxylation is 1. The predicted octanol–water partition coefficient (Wildman–Crippen LogP) is 4.63. The van der Waals surface area contributed by atoms with E-state index in [4.69, 9.17) is 0 Å². The van der Waals surface area contributed by atoms with Crippen LogP contribution in [0, 0.1) is 12.7 Å². The van der Waals surface area contributed by atoms with Crippen molar-refractivity contribution in [1.29, 1.82) is 0 Å². The van der Waals surface area contributed by atoms with Gasteiger partial charge in [0, 0.05) is 9.37 Å². The minimum absolute atomic E-state index is 0.220. The molecule has 104 valence electrons. The van der Waals surface area contributed by atoms with Crippen molar-refractivity contribution in [3.8, 4) is 0 Å². The van der Waals surface area contributed by atoms with Crippen LogP contribution in [0.4, 0.5) is 10.1 Å². The fourth-order valence-electron chi connectivity index (χ4n) is 1.60. The second kappa shape index (κ2) is 6.90. The molecule has 0 saturated heterocycles. The first-order chi connectivity index (χ1) is 9.54. The molecule has 0 atom stereocenters. The zero-order valence-corrected chi connectivity index (χ0v) is 13.2. The second-order valence-corrected chi connectivity index (χ2v) is 6.24. The Morgan fingerprint density at radius 3 is 2.65 bits per heavy atom. The van der Waals surface area contributed by atoms with Crippen molar-refractivity contribution in [2.75, 3.05) is 11.1 Å². The standard InChI is InChI=1S/C15H13BrFNOS/c1-10-2-7-13(17)14(8-10)18-15(19)9-20-12-5-3-11(16)4-6-12/h2-8H,9H2,1H3,(H,18,19). The topological polar surface area (TPSA) is 29.1 Å². The molecule has 2 aromatic rings. The maximum atomic E-state index is 13.5. The fourth-order valence-corrected chi connectivity index (χ4v) is 2.56. The Morgan fingerprint density at radius 2 is 1.95 bits per heavy atom. The summed E-state index contributed by atoms with van der Waals surface area (Å²) in [5.74, 6) is -0.394. The van der Waals surface area contributed by atoms with Gasteiger partial charge in [0.15, 0.2) is 0 Å². The number of hydrogen-bond donors (Lipinski definition) is 1. The van der Waals surface area contributed by atoms with Crippen LogP contribution in [0.2, 0.25) is 0 Å². The molecule has 2 nitrogen and oxygen atoms in total. The van der Waals surface area contributed by atoms with Crippen molar-refractivity contribution in [3.63, 3.8) is 0 Å². The molecule has 0 aromatic heterocycles. The van der Waals surface area contributed by atoms with Crippen molar-refractivity contribution in [2.24, 2.45) is 0 Å². The summed E-state index contributed by atoms with van der Waals surface area (Å²) >= 11 is 4.77. The predicted molar refractivity (Wildman–Crippen MR) is 84.6 cm³/mol. The van der Waals surface area contributed by atoms with Gasteiger partial charge in [-0.05, 0) is 48.9 Å². The van der Waals surface area contributed by atoms with Crippen LogP contribution in [0.15, 0.2) is 51.8 Å². The zero-order chi connectivity index (χ0) is 14.5. The Bertz CT molecular complexity index is 616. The number of thioether (sulfide) groups is 1. The van der Waals surface area contributed by atoms with Gasteiger partial charge in [-0.15, -0.1) is 11.8 Å². The van der Waals surface area contributed by atoms with Gasteiger partial charge in [0.05, 0.1) is 11.4 Å². The molecule has 0 unspecified atom stereocenters. The summed E-state index contributed by atoms with van der Waals surface area (Å²) in [6, 6.07) is 12.3. The lowest BCUT2D eigenvalue weighted by Crippen LogP contribution is -2.15. The molecule has 0 spiro atoms. The molecular weight excluding hydrogens is 341 g/mol. The van der Waals surface area contributed by atoms with Crippen LogP contribution in [0.5, 0.6) is 0 Å². The number of nitrogens with one attached hydrogen (secondary N) is 1. The summed E-state index contributed by atoms with van der Waals surface area (Å²) < 4.78 is 14.5. The monoisotopic (exact) mass is 353 g/mol. The number of rotatable bonds is 4. The number of amides is 1. The Morgan fingerprint density at radius 1 is 1.25 bits per heavy atom. The molecule has 0 bridgehead atoms. The third kappa shape index (κ3) is 4.35. The van der Waals surface area contributed by atoms with Gasteiger partial charge in [-0.2, -0.15) is 0 Å². The van der Waals surface area contributed by atoms with Crippen molar-refractivity contribution in [1.82, 2.24) is 0 Å². The van der Waals surface area contributed by atoms with Crippen LogP contribution in [0.25, 0.3) is 0 Å². The molecule has 0 radical (unpaired) electrons. The largest absolute Gasteiger partial charge is 0.323 e. The number of benzene rings is 2. The minimum atomic E-state index is -0.419. The summed E-state index contributed by atoms with van der Waals surface area (Å²) in [4.78, 5) is 12.8. The summed E-state index contributed by atoms with van der Waals surface area (Å²) in [5, 5.41) is 2.59. The van der Waals surface area contributed by atoms with Crippen molar-refractivity contribution < 1.29 is 9.18 Å². The average molecular weight is 354 g/mol. The van der Waals surface area contributed by atoms with Gasteiger partial charge in [0.2, 0.25) is 5.91 Å². The highest BCUT2D eigenvalue weighted by atomic mass is 79.9. The van der Waals surface area contributed by atoms with Gasteiger partial charge in [0.25, 0.3) is 0 Å². The maximum Gasteiger partial charge on any atom is 0.234 e. The average Bonchev–Trinajstić information content (AvgIpc) is 2.42. The third-order valence-electron chi connectivity index (χ3n) is 2.58. The van der Waals surface area contributed by atoms with Crippen LogP contribution >= 0.6 is 27.7 Å². The van der Waals surface area contributed by atoms with E-state index in [2.05, 4.69) is 21.2 Å². The summed E-state index contributed by atoms with van der Waals surface area (Å²) in [7, 11) is 0. The maximum absolute atomic E-state index is 13.5. The molecule has 1 amide bonds. The van der Waals surface area contributed by atoms with Crippen LogP contribution < -0.4 is 5.32 Å². The fraction of sp³-hybridized carbons (Fsp3) is 0.133. The van der Waals surface area contributed by atoms with E-state index < -0.39 is 5.82 Å². The van der Waals surface area contributed by atoms with E-state index in [0.29, 0.717) is 0 Å². The van der Waals surface area contributed by atoms with Crippen LogP contribution in [0.3, 0.4) is 0 Å². The molecule has 2 aromatic carbocycles. The molecule has 0 fully saturated rings. The molecule has 0 aliphatic rings. The highest BCUT2D eigenvalue weighted by Gasteiger charge is 2.07. The number of hydrogen-bond acceptors (Lipinski definition) is 2. The highest BCUT2D eigenvalue weighted by Crippen LogP contribution is 2.21. The molecule has 2 rings (SSSR count). The van der Waals surface area contributed by atoms with Gasteiger partial charge < -0.3 is 5.32 Å². The number of halogens is 2. The van der Waals surface area contributed by atoms with Gasteiger partial charge in [-0.25, -0.2) is 4.39 Å². The lowest BCUT2D eigenvalue weighted by molar-refractivity contribution is -0.113. The van der Waals surface area contributed by atoms with E-state index in [-0.39, 0.29) is 17.3 Å². The Balaban J connectivity index is 1.92. The van der Waals surface area contributed by atoms with E-state index >= 15 is 0 Å². The zero-order valence-electron chi connectivity index (χ0n) is 10.8. The Kier molecular flexibility index (Phi) is 5.20. The first-order valence-electron chi connectivity index (χ1n) is 5.99. The molecule has 0 saturated carbocycles. The smallest absolute Gasteiger partial charge is 0.234 e. The van der Waals surface area contributed by atoms with Crippen molar-refractivity contribution >= 4 is 39.3 Å². The minimum Gasteiger partial charge on any atom is -0.323 e. The van der Waals surface area contributed by atoms with E-state index in [1.165, 1.54) is 17.8 Å². The summed E-state index contributed by atoms with van der Waals surface area (Å²) in [5.41, 5.74) is 1.13. The first kappa shape index (κ1) is 15.1. The second-order valence-electron chi connectivity index (χ2n) is 4.27. The first-order valence-corrected chi connectivity index (χ1v) is 7.77. The molecule has 0 heterocycles. The molecule has 1 N–H and O–H groups in total. The lowest BCUT2D eigenvalue weighted by atomic mass is 10.2. The van der Waals surface area contributed by atoms with E-state index in [1.54, 1.807) is 12.1 Å². The van der Waals surface area contributed by atoms with E-state index in [1.807, 2.05) is 31.2 Å². The quantitative estimate of drug-likeness (QED) is 0.812. The number of carbonyl (C=O) groups is 1. The summed E-state index contributed by atoms with van der Waals surface area (Å²) in [6.07, 6.45) is 0. The molecule has 0 aliphatic heterocycles. The SMILES string of the molecule is Cc1ccc(F)c(NC(=O)CSc2ccc(Br)cc2)c1. The van der Waals surface area contributed by atoms with Crippen molar-refractivity contribution in [2.45, 2.75) is 11.8 Å². The number of carbonyl (C=O) groups excluding carboxylic acids is 1. The number of anilines is 1. The highest BCUT2D eigenvalue weighted by molar-refractivity contribution is 9.10. The Labute approximate surface area is 129 Å². The van der Waals surface area contributed by atoms with Gasteiger partial charge in [-0.1, -0.05) is 22.0 Å². The van der Waals surface area contributed by atoms with Crippen LogP contribution in [-0.4, -0.2) is 11.7 Å². The molecule has 5 heteroatoms. The van der Waals surface area contributed by atoms with E-state index in [0.717, 1.165) is 14.9 Å². The van der Waals surface area contributed by atoms with Crippen molar-refractivity contribution in [3.05, 3.63) is 58.3 Å². The van der Waals surface area contributed by atoms with Gasteiger partial charge >= 0.3 is 0 Å². The molecule has 0 aliphatic carbocycles. The van der Waals surface area contributed by atoms with E-state index in [9.17, 15) is 9.18 Å². The Hall–Kier alpha value is -1.33. The van der Waals surface area contributed by atoms with Gasteiger partial charge in [-0.3, -0.25) is 4.79 Å². The molecular formula is C15H13BrFNOS. The third-order valence-corrected chi connectivity index (χ3v) is 4.12. The lowest BCUT2D eigenvalue weighted by Gasteiger charge is -2.07.